The summed E-state index contributed by atoms with van der Waals surface area (Å²) in [5, 5.41) is 0.0648. The van der Waals surface area contributed by atoms with Crippen molar-refractivity contribution in [2.45, 2.75) is 0 Å². The van der Waals surface area contributed by atoms with Gasteiger partial charge >= 0.3 is 7.60 Å². The molecule has 0 bridgehead atoms. The van der Waals surface area contributed by atoms with E-state index in [1.807, 2.05) is 0 Å². The van der Waals surface area contributed by atoms with Crippen LogP contribution >= 0.6 is 7.60 Å². The molecule has 1 aromatic rings. The second-order valence-electron chi connectivity index (χ2n) is 1.88. The Hall–Kier alpha value is 0.240. The molecule has 5 heteroatoms. The van der Waals surface area contributed by atoms with Crippen LogP contribution in [0.25, 0.3) is 0 Å². The van der Waals surface area contributed by atoms with Crippen molar-refractivity contribution in [2.24, 2.45) is 0 Å². The molecule has 1 aromatic carbocycles. The molecule has 11 heavy (non-hydrogen) atoms. The van der Waals surface area contributed by atoms with Crippen LogP contribution in [0.2, 0.25) is 0 Å². The second-order valence-corrected chi connectivity index (χ2v) is 3.48. The summed E-state index contributed by atoms with van der Waals surface area (Å²) < 4.78 is 10.5. The predicted octanol–water partition coefficient (Wildman–Crippen LogP) is 0.487. The first-order valence-corrected chi connectivity index (χ1v) is 4.33. The van der Waals surface area contributed by atoms with Crippen molar-refractivity contribution < 1.29 is 40.2 Å². The molecule has 0 saturated carbocycles. The van der Waals surface area contributed by atoms with Gasteiger partial charge in [0, 0.05) is 25.8 Å². The monoisotopic (exact) mass is 338 g/mol. The van der Waals surface area contributed by atoms with E-state index < -0.39 is 7.60 Å². The van der Waals surface area contributed by atoms with Crippen LogP contribution in [-0.4, -0.2) is 9.79 Å². The summed E-state index contributed by atoms with van der Waals surface area (Å²) >= 11 is 0. The topological polar surface area (TPSA) is 57.5 Å². The maximum atomic E-state index is 10.5. The van der Waals surface area contributed by atoms with Crippen molar-refractivity contribution in [3.63, 3.8) is 0 Å². The third-order valence-corrected chi connectivity index (χ3v) is 2.06. The number of rotatable bonds is 1. The Morgan fingerprint density at radius 2 is 1.55 bits per heavy atom. The van der Waals surface area contributed by atoms with Gasteiger partial charge in [0.1, 0.15) is 0 Å². The second kappa shape index (κ2) is 4.31. The SMILES string of the molecule is O=P(O)(O)c1ccccc1.[Hf]. The van der Waals surface area contributed by atoms with Crippen molar-refractivity contribution in [1.29, 1.82) is 0 Å². The molecule has 0 radical (unpaired) electrons. The van der Waals surface area contributed by atoms with E-state index in [1.165, 1.54) is 12.1 Å². The van der Waals surface area contributed by atoms with Gasteiger partial charge in [-0.05, 0) is 12.1 Å². The Morgan fingerprint density at radius 3 is 1.82 bits per heavy atom. The summed E-state index contributed by atoms with van der Waals surface area (Å²) in [5.41, 5.74) is 0. The van der Waals surface area contributed by atoms with Gasteiger partial charge in [-0.2, -0.15) is 0 Å². The Bertz CT molecular complexity index is 256. The Balaban J connectivity index is 0.000001000. The van der Waals surface area contributed by atoms with Gasteiger partial charge in [-0.1, -0.05) is 18.2 Å². The van der Waals surface area contributed by atoms with Gasteiger partial charge in [-0.3, -0.25) is 4.57 Å². The molecule has 0 aromatic heterocycles. The van der Waals surface area contributed by atoms with Crippen LogP contribution in [0.5, 0.6) is 0 Å². The quantitative estimate of drug-likeness (QED) is 0.580. The van der Waals surface area contributed by atoms with E-state index in [0.717, 1.165) is 0 Å². The van der Waals surface area contributed by atoms with E-state index >= 15 is 0 Å². The molecule has 2 N–H and O–H groups in total. The normalized spacial score (nSPS) is 10.4. The van der Waals surface area contributed by atoms with Gasteiger partial charge in [0.05, 0.1) is 5.30 Å². The fourth-order valence-corrected chi connectivity index (χ4v) is 1.18. The summed E-state index contributed by atoms with van der Waals surface area (Å²) in [6.45, 7) is 0. The molecule has 0 aliphatic carbocycles. The molecular weight excluding hydrogens is 330 g/mol. The average molecular weight is 337 g/mol. The molecule has 0 heterocycles. The first kappa shape index (κ1) is 11.2. The first-order chi connectivity index (χ1) is 4.61. The van der Waals surface area contributed by atoms with Gasteiger partial charge in [0.25, 0.3) is 0 Å². The largest absolute Gasteiger partial charge is 0.356 e. The average Bonchev–Trinajstić information content (AvgIpc) is 1.88. The van der Waals surface area contributed by atoms with Crippen LogP contribution < -0.4 is 5.30 Å². The predicted molar refractivity (Wildman–Crippen MR) is 38.1 cm³/mol. The standard InChI is InChI=1S/C6H7O3P.Hf/c7-10(8,9)6-4-2-1-3-5-6;/h1-5H,(H2,7,8,9);. The zero-order valence-electron chi connectivity index (χ0n) is 5.64. The Kier molecular flexibility index (Phi) is 4.41. The molecule has 0 amide bonds. The summed E-state index contributed by atoms with van der Waals surface area (Å²) in [5.74, 6) is 0. The van der Waals surface area contributed by atoms with Gasteiger partial charge < -0.3 is 9.79 Å². The van der Waals surface area contributed by atoms with E-state index in [9.17, 15) is 4.57 Å². The zero-order valence-corrected chi connectivity index (χ0v) is 10.1. The maximum absolute atomic E-state index is 10.5. The molecule has 0 saturated heterocycles. The fourth-order valence-electron chi connectivity index (χ4n) is 0.622. The molecule has 3 nitrogen and oxygen atoms in total. The molecule has 0 aliphatic heterocycles. The molecule has 0 aliphatic rings. The number of hydrogen-bond acceptors (Lipinski definition) is 1. The Morgan fingerprint density at radius 1 is 1.09 bits per heavy atom. The van der Waals surface area contributed by atoms with Gasteiger partial charge in [-0.25, -0.2) is 0 Å². The third kappa shape index (κ3) is 3.43. The minimum absolute atomic E-state index is 0. The summed E-state index contributed by atoms with van der Waals surface area (Å²) in [6, 6.07) is 7.70. The van der Waals surface area contributed by atoms with Crippen LogP contribution in [0.3, 0.4) is 0 Å². The van der Waals surface area contributed by atoms with Crippen molar-refractivity contribution in [3.05, 3.63) is 30.3 Å². The molecular formula is C6H7HfO3P. The minimum Gasteiger partial charge on any atom is -0.321 e. The van der Waals surface area contributed by atoms with E-state index in [2.05, 4.69) is 0 Å². The van der Waals surface area contributed by atoms with Gasteiger partial charge in [0.15, 0.2) is 0 Å². The van der Waals surface area contributed by atoms with E-state index in [0.29, 0.717) is 0 Å². The minimum atomic E-state index is -4.02. The fraction of sp³-hybridized carbons (Fsp3) is 0. The molecule has 0 atom stereocenters. The van der Waals surface area contributed by atoms with Crippen LogP contribution in [-0.2, 0) is 30.4 Å². The molecule has 1 rings (SSSR count). The van der Waals surface area contributed by atoms with E-state index in [4.69, 9.17) is 9.79 Å². The van der Waals surface area contributed by atoms with Crippen molar-refractivity contribution >= 4 is 12.9 Å². The number of hydrogen-bond donors (Lipinski definition) is 2. The van der Waals surface area contributed by atoms with Crippen LogP contribution in [0.4, 0.5) is 0 Å². The smallest absolute Gasteiger partial charge is 0.321 e. The third-order valence-electron chi connectivity index (χ3n) is 1.09. The van der Waals surface area contributed by atoms with Crippen LogP contribution in [0, 0.1) is 0 Å². The van der Waals surface area contributed by atoms with Gasteiger partial charge in [-0.15, -0.1) is 0 Å². The first-order valence-electron chi connectivity index (χ1n) is 2.72. The number of benzene rings is 1. The van der Waals surface area contributed by atoms with Crippen molar-refractivity contribution in [3.8, 4) is 0 Å². The molecule has 0 fully saturated rings. The van der Waals surface area contributed by atoms with Crippen LogP contribution in [0.1, 0.15) is 0 Å². The Labute approximate surface area is 83.4 Å². The van der Waals surface area contributed by atoms with Crippen LogP contribution in [0.15, 0.2) is 30.3 Å². The molecule has 58 valence electrons. The van der Waals surface area contributed by atoms with Gasteiger partial charge in [0.2, 0.25) is 0 Å². The summed E-state index contributed by atoms with van der Waals surface area (Å²) in [6.07, 6.45) is 0. The summed E-state index contributed by atoms with van der Waals surface area (Å²) in [7, 11) is -4.02. The zero-order chi connectivity index (χ0) is 7.61. The van der Waals surface area contributed by atoms with Crippen molar-refractivity contribution in [2.75, 3.05) is 0 Å². The van der Waals surface area contributed by atoms with E-state index in [-0.39, 0.29) is 31.1 Å². The maximum Gasteiger partial charge on any atom is 0.356 e. The molecule has 0 spiro atoms. The summed E-state index contributed by atoms with van der Waals surface area (Å²) in [4.78, 5) is 17.2. The van der Waals surface area contributed by atoms with E-state index in [1.54, 1.807) is 18.2 Å². The molecule has 0 unspecified atom stereocenters. The van der Waals surface area contributed by atoms with Crippen molar-refractivity contribution in [1.82, 2.24) is 0 Å².